The number of hydrogen-bond donors (Lipinski definition) is 1. The average Bonchev–Trinajstić information content (AvgIpc) is 2.53. The molecular formula is C18H13F2NO3. The Morgan fingerprint density at radius 3 is 2.38 bits per heavy atom. The number of rotatable bonds is 3. The van der Waals surface area contributed by atoms with E-state index in [1.165, 1.54) is 4.57 Å². The highest BCUT2D eigenvalue weighted by Gasteiger charge is 2.17. The van der Waals surface area contributed by atoms with E-state index in [-0.39, 0.29) is 17.4 Å². The summed E-state index contributed by atoms with van der Waals surface area (Å²) < 4.78 is 28.5. The number of carboxylic acids is 1. The van der Waals surface area contributed by atoms with Crippen molar-refractivity contribution in [1.29, 1.82) is 0 Å². The van der Waals surface area contributed by atoms with Crippen molar-refractivity contribution in [3.63, 3.8) is 0 Å². The smallest absolute Gasteiger partial charge is 0.341 e. The van der Waals surface area contributed by atoms with Gasteiger partial charge in [0.05, 0.1) is 5.52 Å². The Labute approximate surface area is 135 Å². The second-order valence-corrected chi connectivity index (χ2v) is 5.57. The number of aryl methyl sites for hydroxylation is 1. The maximum atomic E-state index is 13.6. The quantitative estimate of drug-likeness (QED) is 0.802. The molecule has 122 valence electrons. The molecule has 3 aromatic rings. The first-order chi connectivity index (χ1) is 11.4. The van der Waals surface area contributed by atoms with Gasteiger partial charge in [-0.25, -0.2) is 13.6 Å². The molecule has 0 radical (unpaired) electrons. The third-order valence-corrected chi connectivity index (χ3v) is 3.83. The molecule has 3 rings (SSSR count). The number of carbonyl (C=O) groups is 1. The van der Waals surface area contributed by atoms with Crippen molar-refractivity contribution in [2.24, 2.45) is 0 Å². The molecule has 0 saturated carbocycles. The summed E-state index contributed by atoms with van der Waals surface area (Å²) in [7, 11) is 0. The molecule has 24 heavy (non-hydrogen) atoms. The summed E-state index contributed by atoms with van der Waals surface area (Å²) in [6.07, 6.45) is 1.16. The Hall–Kier alpha value is -3.02. The molecule has 0 spiro atoms. The zero-order valence-corrected chi connectivity index (χ0v) is 12.7. The van der Waals surface area contributed by atoms with Crippen LogP contribution in [0.25, 0.3) is 10.9 Å². The van der Waals surface area contributed by atoms with Crippen LogP contribution >= 0.6 is 0 Å². The van der Waals surface area contributed by atoms with Crippen LogP contribution in [0.5, 0.6) is 0 Å². The van der Waals surface area contributed by atoms with Crippen LogP contribution in [-0.2, 0) is 6.54 Å². The lowest BCUT2D eigenvalue weighted by Gasteiger charge is -2.13. The normalized spacial score (nSPS) is 11.0. The highest BCUT2D eigenvalue weighted by atomic mass is 19.2. The fourth-order valence-corrected chi connectivity index (χ4v) is 2.56. The van der Waals surface area contributed by atoms with Crippen LogP contribution < -0.4 is 5.43 Å². The maximum Gasteiger partial charge on any atom is 0.341 e. The lowest BCUT2D eigenvalue weighted by molar-refractivity contribution is 0.0695. The molecule has 0 unspecified atom stereocenters. The fraction of sp³-hybridized carbons (Fsp3) is 0.111. The van der Waals surface area contributed by atoms with Crippen LogP contribution in [-0.4, -0.2) is 15.6 Å². The number of fused-ring (bicyclic) bond motifs is 1. The minimum atomic E-state index is -1.41. The van der Waals surface area contributed by atoms with Crippen molar-refractivity contribution in [2.45, 2.75) is 13.5 Å². The van der Waals surface area contributed by atoms with Gasteiger partial charge >= 0.3 is 5.97 Å². The molecule has 0 aliphatic rings. The lowest BCUT2D eigenvalue weighted by Crippen LogP contribution is -2.19. The number of halogens is 2. The van der Waals surface area contributed by atoms with Gasteiger partial charge in [-0.2, -0.15) is 0 Å². The van der Waals surface area contributed by atoms with Gasteiger partial charge in [0.15, 0.2) is 11.6 Å². The monoisotopic (exact) mass is 329 g/mol. The lowest BCUT2D eigenvalue weighted by atomic mass is 10.1. The Bertz CT molecular complexity index is 1010. The predicted molar refractivity (Wildman–Crippen MR) is 85.4 cm³/mol. The predicted octanol–water partition coefficient (Wildman–Crippen LogP) is 3.33. The molecule has 0 fully saturated rings. The van der Waals surface area contributed by atoms with Crippen LogP contribution in [0.1, 0.15) is 21.5 Å². The molecule has 0 saturated heterocycles. The molecule has 0 amide bonds. The van der Waals surface area contributed by atoms with Crippen molar-refractivity contribution >= 4 is 16.9 Å². The molecule has 6 heteroatoms. The summed E-state index contributed by atoms with van der Waals surface area (Å²) in [5, 5.41) is 9.03. The summed E-state index contributed by atoms with van der Waals surface area (Å²) in [4.78, 5) is 23.5. The van der Waals surface area contributed by atoms with Crippen LogP contribution in [0.15, 0.2) is 47.4 Å². The van der Waals surface area contributed by atoms with Crippen molar-refractivity contribution in [1.82, 2.24) is 4.57 Å². The third kappa shape index (κ3) is 2.78. The van der Waals surface area contributed by atoms with E-state index in [2.05, 4.69) is 0 Å². The Kier molecular flexibility index (Phi) is 3.89. The molecule has 0 atom stereocenters. The van der Waals surface area contributed by atoms with Crippen LogP contribution in [0.3, 0.4) is 0 Å². The fourth-order valence-electron chi connectivity index (χ4n) is 2.56. The maximum absolute atomic E-state index is 13.6. The molecule has 0 aliphatic heterocycles. The van der Waals surface area contributed by atoms with Crippen molar-refractivity contribution in [2.75, 3.05) is 0 Å². The molecule has 1 N–H and O–H groups in total. The van der Waals surface area contributed by atoms with Gasteiger partial charge in [0.2, 0.25) is 5.43 Å². The van der Waals surface area contributed by atoms with Gasteiger partial charge in [-0.15, -0.1) is 0 Å². The minimum absolute atomic E-state index is 0.143. The summed E-state index contributed by atoms with van der Waals surface area (Å²) in [5.74, 6) is -3.70. The molecule has 0 aliphatic carbocycles. The summed E-state index contributed by atoms with van der Waals surface area (Å²) in [6, 6.07) is 9.12. The molecule has 2 aromatic carbocycles. The Balaban J connectivity index is 2.26. The summed E-state index contributed by atoms with van der Waals surface area (Å²) >= 11 is 0. The molecule has 4 nitrogen and oxygen atoms in total. The third-order valence-electron chi connectivity index (χ3n) is 3.83. The van der Waals surface area contributed by atoms with E-state index in [1.807, 2.05) is 31.2 Å². The Morgan fingerprint density at radius 2 is 1.75 bits per heavy atom. The van der Waals surface area contributed by atoms with Gasteiger partial charge in [0.1, 0.15) is 5.56 Å². The topological polar surface area (TPSA) is 59.3 Å². The minimum Gasteiger partial charge on any atom is -0.477 e. The zero-order valence-electron chi connectivity index (χ0n) is 12.7. The first-order valence-corrected chi connectivity index (χ1v) is 7.18. The number of aromatic carboxylic acids is 1. The number of benzene rings is 2. The summed E-state index contributed by atoms with van der Waals surface area (Å²) in [6.45, 7) is 2.15. The van der Waals surface area contributed by atoms with E-state index in [0.29, 0.717) is 0 Å². The van der Waals surface area contributed by atoms with Gasteiger partial charge in [0.25, 0.3) is 0 Å². The number of hydrogen-bond acceptors (Lipinski definition) is 2. The van der Waals surface area contributed by atoms with Crippen molar-refractivity contribution in [3.8, 4) is 0 Å². The van der Waals surface area contributed by atoms with E-state index >= 15 is 0 Å². The number of pyridine rings is 1. The van der Waals surface area contributed by atoms with E-state index in [0.717, 1.165) is 29.5 Å². The first kappa shape index (κ1) is 15.9. The number of carboxylic acid groups (broad SMARTS) is 1. The van der Waals surface area contributed by atoms with Crippen molar-refractivity contribution < 1.29 is 18.7 Å². The number of aromatic nitrogens is 1. The van der Waals surface area contributed by atoms with Gasteiger partial charge in [-0.3, -0.25) is 4.79 Å². The van der Waals surface area contributed by atoms with E-state index < -0.39 is 28.6 Å². The molecule has 0 bridgehead atoms. The molecule has 1 aromatic heterocycles. The van der Waals surface area contributed by atoms with Gasteiger partial charge < -0.3 is 9.67 Å². The largest absolute Gasteiger partial charge is 0.477 e. The van der Waals surface area contributed by atoms with Gasteiger partial charge in [-0.1, -0.05) is 29.8 Å². The Morgan fingerprint density at radius 1 is 1.12 bits per heavy atom. The standard InChI is InChI=1S/C18H13F2NO3/c1-10-2-4-11(5-3-10)8-21-9-13(18(23)24)17(22)12-6-14(19)15(20)7-16(12)21/h2-7,9H,8H2,1H3,(H,23,24). The second-order valence-electron chi connectivity index (χ2n) is 5.57. The zero-order chi connectivity index (χ0) is 17.4. The van der Waals surface area contributed by atoms with E-state index in [9.17, 15) is 23.5 Å². The van der Waals surface area contributed by atoms with Crippen molar-refractivity contribution in [3.05, 3.63) is 81.1 Å². The molecule has 1 heterocycles. The number of nitrogens with zero attached hydrogens (tertiary/aromatic N) is 1. The SMILES string of the molecule is Cc1ccc(Cn2cc(C(=O)O)c(=O)c3cc(F)c(F)cc32)cc1. The van der Waals surface area contributed by atoms with Gasteiger partial charge in [-0.05, 0) is 18.6 Å². The van der Waals surface area contributed by atoms with Crippen LogP contribution in [0.4, 0.5) is 8.78 Å². The van der Waals surface area contributed by atoms with Crippen LogP contribution in [0, 0.1) is 18.6 Å². The highest BCUT2D eigenvalue weighted by Crippen LogP contribution is 2.18. The average molecular weight is 329 g/mol. The second kappa shape index (κ2) is 5.88. The highest BCUT2D eigenvalue weighted by molar-refractivity contribution is 5.92. The van der Waals surface area contributed by atoms with E-state index in [1.54, 1.807) is 0 Å². The first-order valence-electron chi connectivity index (χ1n) is 7.18. The van der Waals surface area contributed by atoms with Crippen LogP contribution in [0.2, 0.25) is 0 Å². The van der Waals surface area contributed by atoms with E-state index in [4.69, 9.17) is 0 Å². The molecular weight excluding hydrogens is 316 g/mol. The summed E-state index contributed by atoms with van der Waals surface area (Å²) in [5.41, 5.74) is 0.719. The van der Waals surface area contributed by atoms with Gasteiger partial charge in [0, 0.05) is 24.2 Å².